The first-order chi connectivity index (χ1) is 22.1. The van der Waals surface area contributed by atoms with E-state index in [-0.39, 0.29) is 45.4 Å². The Bertz CT molecular complexity index is 2210. The molecule has 0 spiro atoms. The molecule has 4 N–H and O–H groups in total. The van der Waals surface area contributed by atoms with E-state index in [4.69, 9.17) is 28.9 Å². The van der Waals surface area contributed by atoms with Gasteiger partial charge in [-0.25, -0.2) is 0 Å². The normalized spacial score (nSPS) is 11.3. The van der Waals surface area contributed by atoms with Gasteiger partial charge in [0.1, 0.15) is 44.9 Å². The molecule has 7 aromatic rings. The first-order valence-corrected chi connectivity index (χ1v) is 14.4. The molecule has 2 heterocycles. The number of anilines is 2. The molecule has 0 aliphatic carbocycles. The van der Waals surface area contributed by atoms with Crippen LogP contribution in [-0.4, -0.2) is 52.0 Å². The van der Waals surface area contributed by atoms with Crippen molar-refractivity contribution in [3.05, 3.63) is 118 Å². The summed E-state index contributed by atoms with van der Waals surface area (Å²) in [6, 6.07) is 25.0. The molecule has 14 heteroatoms. The third-order valence-electron chi connectivity index (χ3n) is 7.17. The summed E-state index contributed by atoms with van der Waals surface area (Å²) in [5.74, 6) is -1.61. The summed E-state index contributed by atoms with van der Waals surface area (Å²) < 4.78 is 0. The molecule has 0 radical (unpaired) electrons. The number of hydrogen-bond acceptors (Lipinski definition) is 8. The predicted octanol–water partition coefficient (Wildman–Crippen LogP) is 5.95. The second-order valence-electron chi connectivity index (χ2n) is 10.2. The van der Waals surface area contributed by atoms with Crippen molar-refractivity contribution in [3.63, 3.8) is 0 Å². The molecule has 0 unspecified atom stereocenters. The van der Waals surface area contributed by atoms with E-state index >= 15 is 0 Å². The molecule has 12 nitrogen and oxygen atoms in total. The number of halogens is 2. The van der Waals surface area contributed by atoms with E-state index in [9.17, 15) is 19.8 Å². The monoisotopic (exact) mass is 650 g/mol. The Labute approximate surface area is 269 Å². The minimum atomic E-state index is -0.638. The summed E-state index contributed by atoms with van der Waals surface area (Å²) >= 11 is 12.2. The number of rotatable bonds is 6. The standard InChI is InChI=1S/C32H20Cl2N8O4/c33-19-5-9-23-25(13-19)38-41(36-23)27-11-7-21(15-29(27)43)40(32(46)18-3-1-17(2-4-18)31(35)45)22-8-12-28(30(44)16-22)42-37-24-10-6-20(34)14-26(24)39-42/h1-16,43-44H,(H2,35,45). The van der Waals surface area contributed by atoms with Crippen LogP contribution in [0.25, 0.3) is 33.4 Å². The molecule has 2 aromatic heterocycles. The number of primary amides is 1. The summed E-state index contributed by atoms with van der Waals surface area (Å²) in [5, 5.41) is 40.8. The second kappa shape index (κ2) is 11.2. The van der Waals surface area contributed by atoms with Crippen LogP contribution in [0.4, 0.5) is 11.4 Å². The number of benzene rings is 5. The van der Waals surface area contributed by atoms with Gasteiger partial charge in [0.25, 0.3) is 5.91 Å². The third-order valence-corrected chi connectivity index (χ3v) is 7.64. The molecule has 7 rings (SSSR count). The summed E-state index contributed by atoms with van der Waals surface area (Å²) in [5.41, 5.74) is 9.05. The number of carbonyl (C=O) groups is 2. The lowest BCUT2D eigenvalue weighted by molar-refractivity contribution is 0.0988. The summed E-state index contributed by atoms with van der Waals surface area (Å²) in [4.78, 5) is 29.5. The van der Waals surface area contributed by atoms with E-state index in [0.717, 1.165) is 0 Å². The Morgan fingerprint density at radius 3 is 1.46 bits per heavy atom. The van der Waals surface area contributed by atoms with Crippen LogP contribution in [-0.2, 0) is 0 Å². The fourth-order valence-electron chi connectivity index (χ4n) is 4.92. The van der Waals surface area contributed by atoms with E-state index in [1.807, 2.05) is 0 Å². The van der Waals surface area contributed by atoms with E-state index < -0.39 is 11.8 Å². The third kappa shape index (κ3) is 5.21. The number of fused-ring (bicyclic) bond motifs is 2. The Morgan fingerprint density at radius 2 is 1.02 bits per heavy atom. The van der Waals surface area contributed by atoms with Crippen LogP contribution in [0.2, 0.25) is 10.0 Å². The zero-order chi connectivity index (χ0) is 32.1. The van der Waals surface area contributed by atoms with Crippen LogP contribution in [0.5, 0.6) is 11.5 Å². The van der Waals surface area contributed by atoms with E-state index in [2.05, 4.69) is 20.4 Å². The second-order valence-corrected chi connectivity index (χ2v) is 11.0. The minimum absolute atomic E-state index is 0.214. The van der Waals surface area contributed by atoms with Crippen molar-refractivity contribution in [3.8, 4) is 22.9 Å². The number of nitrogens with two attached hydrogens (primary N) is 1. The maximum Gasteiger partial charge on any atom is 0.262 e. The molecule has 5 aromatic carbocycles. The highest BCUT2D eigenvalue weighted by atomic mass is 35.5. The Hall–Kier alpha value is -5.98. The highest BCUT2D eigenvalue weighted by Crippen LogP contribution is 2.36. The first-order valence-electron chi connectivity index (χ1n) is 13.6. The molecule has 0 saturated heterocycles. The number of carbonyl (C=O) groups excluding carboxylic acids is 2. The van der Waals surface area contributed by atoms with Crippen molar-refractivity contribution >= 4 is 68.5 Å². The van der Waals surface area contributed by atoms with E-state index in [0.29, 0.717) is 32.1 Å². The average molecular weight is 651 g/mol. The van der Waals surface area contributed by atoms with Crippen molar-refractivity contribution in [2.75, 3.05) is 4.90 Å². The summed E-state index contributed by atoms with van der Waals surface area (Å²) in [6.45, 7) is 0. The molecule has 0 atom stereocenters. The number of phenols is 2. The number of phenolic OH excluding ortho intramolecular Hbond substituents is 2. The molecule has 0 aliphatic rings. The van der Waals surface area contributed by atoms with Crippen LogP contribution in [0, 0.1) is 0 Å². The van der Waals surface area contributed by atoms with Crippen LogP contribution in [0.3, 0.4) is 0 Å². The Balaban J connectivity index is 1.30. The number of aromatic hydroxyl groups is 2. The molecule has 0 aliphatic heterocycles. The maximum atomic E-state index is 14.0. The van der Waals surface area contributed by atoms with Crippen molar-refractivity contribution in [2.24, 2.45) is 5.73 Å². The zero-order valence-corrected chi connectivity index (χ0v) is 24.9. The van der Waals surface area contributed by atoms with Gasteiger partial charge in [0.15, 0.2) is 0 Å². The highest BCUT2D eigenvalue weighted by Gasteiger charge is 2.24. The van der Waals surface area contributed by atoms with Crippen molar-refractivity contribution in [1.29, 1.82) is 0 Å². The van der Waals surface area contributed by atoms with Gasteiger partial charge < -0.3 is 15.9 Å². The molecule has 2 amide bonds. The lowest BCUT2D eigenvalue weighted by atomic mass is 10.1. The van der Waals surface area contributed by atoms with Gasteiger partial charge in [-0.2, -0.15) is 0 Å². The van der Waals surface area contributed by atoms with Gasteiger partial charge in [-0.3, -0.25) is 14.5 Å². The SMILES string of the molecule is NC(=O)c1ccc(C(=O)N(c2ccc(-n3nc4ccc(Cl)cc4n3)c(O)c2)c2ccc(-n3nc4ccc(Cl)cc4n3)c(O)c2)cc1. The lowest BCUT2D eigenvalue weighted by Crippen LogP contribution is -2.26. The predicted molar refractivity (Wildman–Crippen MR) is 173 cm³/mol. The van der Waals surface area contributed by atoms with Gasteiger partial charge in [-0.15, -0.1) is 30.0 Å². The average Bonchev–Trinajstić information content (AvgIpc) is 3.64. The van der Waals surface area contributed by atoms with Gasteiger partial charge in [0.2, 0.25) is 5.91 Å². The highest BCUT2D eigenvalue weighted by molar-refractivity contribution is 6.31. The van der Waals surface area contributed by atoms with E-state index in [1.165, 1.54) is 50.9 Å². The quantitative estimate of drug-likeness (QED) is 0.199. The molecular formula is C32H20Cl2N8O4. The fraction of sp³-hybridized carbons (Fsp3) is 0. The Kier molecular flexibility index (Phi) is 6.99. The van der Waals surface area contributed by atoms with Gasteiger partial charge in [0, 0.05) is 33.3 Å². The van der Waals surface area contributed by atoms with Crippen LogP contribution < -0.4 is 10.6 Å². The van der Waals surface area contributed by atoms with Crippen LogP contribution in [0.15, 0.2) is 97.1 Å². The number of nitrogens with zero attached hydrogens (tertiary/aromatic N) is 7. The summed E-state index contributed by atoms with van der Waals surface area (Å²) in [7, 11) is 0. The topological polar surface area (TPSA) is 165 Å². The molecule has 0 fully saturated rings. The van der Waals surface area contributed by atoms with Gasteiger partial charge >= 0.3 is 0 Å². The van der Waals surface area contributed by atoms with Crippen LogP contribution in [0.1, 0.15) is 20.7 Å². The molecule has 226 valence electrons. The maximum absolute atomic E-state index is 14.0. The Morgan fingerprint density at radius 1 is 0.587 bits per heavy atom. The smallest absolute Gasteiger partial charge is 0.262 e. The number of aromatic nitrogens is 6. The number of amides is 2. The largest absolute Gasteiger partial charge is 0.506 e. The van der Waals surface area contributed by atoms with E-state index in [1.54, 1.807) is 60.7 Å². The van der Waals surface area contributed by atoms with Gasteiger partial charge in [-0.1, -0.05) is 23.2 Å². The lowest BCUT2D eigenvalue weighted by Gasteiger charge is -2.24. The van der Waals surface area contributed by atoms with Gasteiger partial charge in [0.05, 0.1) is 11.4 Å². The first kappa shape index (κ1) is 28.8. The minimum Gasteiger partial charge on any atom is -0.506 e. The van der Waals surface area contributed by atoms with Gasteiger partial charge in [-0.05, 0) is 84.9 Å². The molecule has 0 saturated carbocycles. The number of hydrogen-bond donors (Lipinski definition) is 3. The summed E-state index contributed by atoms with van der Waals surface area (Å²) in [6.07, 6.45) is 0. The van der Waals surface area contributed by atoms with Crippen molar-refractivity contribution in [2.45, 2.75) is 0 Å². The van der Waals surface area contributed by atoms with Crippen molar-refractivity contribution < 1.29 is 19.8 Å². The molecule has 0 bridgehead atoms. The van der Waals surface area contributed by atoms with Crippen molar-refractivity contribution in [1.82, 2.24) is 30.0 Å². The molecule has 46 heavy (non-hydrogen) atoms. The zero-order valence-electron chi connectivity index (χ0n) is 23.4. The fourth-order valence-corrected chi connectivity index (χ4v) is 5.25. The van der Waals surface area contributed by atoms with Crippen LogP contribution >= 0.6 is 23.2 Å². The molecular weight excluding hydrogens is 631 g/mol.